The molecule has 0 saturated carbocycles. The van der Waals surface area contributed by atoms with Crippen molar-refractivity contribution in [3.05, 3.63) is 0 Å². The summed E-state index contributed by atoms with van der Waals surface area (Å²) in [5.74, 6) is 1.71. The van der Waals surface area contributed by atoms with Gasteiger partial charge in [0.25, 0.3) is 0 Å². The lowest BCUT2D eigenvalue weighted by Crippen LogP contribution is -2.33. The second-order valence-corrected chi connectivity index (χ2v) is 5.09. The second-order valence-electron chi connectivity index (χ2n) is 4.06. The molecule has 3 nitrogen and oxygen atoms in total. The van der Waals surface area contributed by atoms with Gasteiger partial charge < -0.3 is 10.4 Å². The summed E-state index contributed by atoms with van der Waals surface area (Å²) in [6.45, 7) is 6.31. The number of hydrogen-bond acceptors (Lipinski definition) is 3. The van der Waals surface area contributed by atoms with E-state index >= 15 is 0 Å². The molecule has 0 aromatic carbocycles. The van der Waals surface area contributed by atoms with Gasteiger partial charge in [-0.25, -0.2) is 0 Å². The smallest absolute Gasteiger partial charge is 0.230 e. The van der Waals surface area contributed by atoms with E-state index in [0.29, 0.717) is 5.75 Å². The van der Waals surface area contributed by atoms with Crippen LogP contribution in [0.15, 0.2) is 0 Å². The van der Waals surface area contributed by atoms with Crippen LogP contribution in [-0.2, 0) is 4.79 Å². The maximum atomic E-state index is 11.4. The van der Waals surface area contributed by atoms with Crippen LogP contribution in [0.5, 0.6) is 0 Å². The molecule has 0 aliphatic carbocycles. The summed E-state index contributed by atoms with van der Waals surface area (Å²) >= 11 is 1.58. The fourth-order valence-corrected chi connectivity index (χ4v) is 2.12. The van der Waals surface area contributed by atoms with Crippen molar-refractivity contribution < 1.29 is 9.90 Å². The van der Waals surface area contributed by atoms with Crippen molar-refractivity contribution in [2.75, 3.05) is 18.1 Å². The Kier molecular flexibility index (Phi) is 8.91. The molecule has 0 aromatic heterocycles. The molecule has 1 amide bonds. The largest absolute Gasteiger partial charge is 0.396 e. The predicted octanol–water partition coefficient (Wildman–Crippen LogP) is 1.65. The molecule has 2 atom stereocenters. The van der Waals surface area contributed by atoms with Crippen LogP contribution in [-0.4, -0.2) is 35.2 Å². The number of amides is 1. The van der Waals surface area contributed by atoms with Gasteiger partial charge in [0.05, 0.1) is 5.75 Å². The summed E-state index contributed by atoms with van der Waals surface area (Å²) in [5, 5.41) is 11.8. The Labute approximate surface area is 97.0 Å². The van der Waals surface area contributed by atoms with E-state index in [9.17, 15) is 4.79 Å². The first-order valence-electron chi connectivity index (χ1n) is 5.58. The third kappa shape index (κ3) is 8.75. The van der Waals surface area contributed by atoms with Crippen molar-refractivity contribution in [3.63, 3.8) is 0 Å². The van der Waals surface area contributed by atoms with Gasteiger partial charge >= 0.3 is 0 Å². The number of rotatable bonds is 8. The lowest BCUT2D eigenvalue weighted by atomic mass is 10.2. The summed E-state index contributed by atoms with van der Waals surface area (Å²) in [5.41, 5.74) is 0. The molecule has 2 unspecified atom stereocenters. The maximum Gasteiger partial charge on any atom is 0.230 e. The average Bonchev–Trinajstić information content (AvgIpc) is 2.17. The summed E-state index contributed by atoms with van der Waals surface area (Å²) in [4.78, 5) is 11.4. The van der Waals surface area contributed by atoms with Gasteiger partial charge in [-0.3, -0.25) is 4.79 Å². The molecule has 0 bridgehead atoms. The summed E-state index contributed by atoms with van der Waals surface area (Å²) in [6, 6.07) is 0.276. The van der Waals surface area contributed by atoms with Crippen LogP contribution in [0.1, 0.15) is 33.6 Å². The van der Waals surface area contributed by atoms with Crippen molar-refractivity contribution in [2.24, 2.45) is 5.92 Å². The summed E-state index contributed by atoms with van der Waals surface area (Å²) in [7, 11) is 0. The first-order chi connectivity index (χ1) is 7.10. The molecule has 15 heavy (non-hydrogen) atoms. The molecule has 0 radical (unpaired) electrons. The van der Waals surface area contributed by atoms with Gasteiger partial charge in [0.2, 0.25) is 5.91 Å². The van der Waals surface area contributed by atoms with Crippen molar-refractivity contribution in [3.8, 4) is 0 Å². The summed E-state index contributed by atoms with van der Waals surface area (Å²) in [6.07, 6.45) is 2.12. The van der Waals surface area contributed by atoms with E-state index < -0.39 is 0 Å². The highest BCUT2D eigenvalue weighted by atomic mass is 32.2. The monoisotopic (exact) mass is 233 g/mol. The molecule has 0 aromatic rings. The Morgan fingerprint density at radius 1 is 1.47 bits per heavy atom. The number of aliphatic hydroxyl groups excluding tert-OH is 1. The molecule has 0 fully saturated rings. The van der Waals surface area contributed by atoms with E-state index in [1.165, 1.54) is 0 Å². The summed E-state index contributed by atoms with van der Waals surface area (Å²) < 4.78 is 0. The van der Waals surface area contributed by atoms with Crippen molar-refractivity contribution >= 4 is 17.7 Å². The normalized spacial score (nSPS) is 14.7. The maximum absolute atomic E-state index is 11.4. The van der Waals surface area contributed by atoms with Gasteiger partial charge in [0.15, 0.2) is 0 Å². The van der Waals surface area contributed by atoms with Crippen molar-refractivity contribution in [2.45, 2.75) is 39.7 Å². The van der Waals surface area contributed by atoms with E-state index in [0.717, 1.165) is 18.6 Å². The van der Waals surface area contributed by atoms with Gasteiger partial charge in [-0.05, 0) is 25.0 Å². The highest BCUT2D eigenvalue weighted by molar-refractivity contribution is 7.99. The van der Waals surface area contributed by atoms with E-state index in [-0.39, 0.29) is 24.5 Å². The van der Waals surface area contributed by atoms with Crippen LogP contribution in [0.2, 0.25) is 0 Å². The molecule has 0 heterocycles. The van der Waals surface area contributed by atoms with Gasteiger partial charge in [-0.1, -0.05) is 20.3 Å². The molecule has 0 rings (SSSR count). The van der Waals surface area contributed by atoms with Crippen LogP contribution in [0, 0.1) is 5.92 Å². The number of carbonyl (C=O) groups excluding carboxylic acids is 1. The Morgan fingerprint density at radius 2 is 2.13 bits per heavy atom. The molecular weight excluding hydrogens is 210 g/mol. The molecule has 0 aliphatic heterocycles. The second kappa shape index (κ2) is 9.04. The highest BCUT2D eigenvalue weighted by Crippen LogP contribution is 2.07. The number of nitrogens with one attached hydrogen (secondary N) is 1. The zero-order valence-electron chi connectivity index (χ0n) is 9.95. The molecule has 0 spiro atoms. The van der Waals surface area contributed by atoms with E-state index in [1.807, 2.05) is 13.8 Å². The Morgan fingerprint density at radius 3 is 2.67 bits per heavy atom. The number of hydrogen-bond donors (Lipinski definition) is 2. The Hall–Kier alpha value is -0.220. The third-order valence-corrected chi connectivity index (χ3v) is 3.35. The predicted molar refractivity (Wildman–Crippen MR) is 66.1 cm³/mol. The zero-order valence-corrected chi connectivity index (χ0v) is 10.8. The quantitative estimate of drug-likeness (QED) is 0.670. The molecule has 0 aliphatic rings. The first kappa shape index (κ1) is 14.8. The minimum Gasteiger partial charge on any atom is -0.396 e. The number of carbonyl (C=O) groups is 1. The van der Waals surface area contributed by atoms with E-state index in [1.54, 1.807) is 11.8 Å². The van der Waals surface area contributed by atoms with E-state index in [2.05, 4.69) is 12.2 Å². The minimum atomic E-state index is 0.103. The van der Waals surface area contributed by atoms with Crippen LogP contribution in [0.25, 0.3) is 0 Å². The van der Waals surface area contributed by atoms with Gasteiger partial charge in [-0.2, -0.15) is 11.8 Å². The standard InChI is InChI=1S/C11H23NO2S/c1-4-5-10(3)12-11(14)8-15-7-9(2)6-13/h9-10,13H,4-8H2,1-3H3,(H,12,14). The van der Waals surface area contributed by atoms with E-state index in [4.69, 9.17) is 5.11 Å². The number of aliphatic hydroxyl groups is 1. The van der Waals surface area contributed by atoms with Crippen LogP contribution in [0.3, 0.4) is 0 Å². The van der Waals surface area contributed by atoms with Crippen molar-refractivity contribution in [1.82, 2.24) is 5.32 Å². The zero-order chi connectivity index (χ0) is 11.7. The Balaban J connectivity index is 3.48. The first-order valence-corrected chi connectivity index (χ1v) is 6.73. The molecule has 90 valence electrons. The molecule has 4 heteroatoms. The lowest BCUT2D eigenvalue weighted by Gasteiger charge is -2.13. The SMILES string of the molecule is CCCC(C)NC(=O)CSCC(C)CO. The fourth-order valence-electron chi connectivity index (χ4n) is 1.23. The molecular formula is C11H23NO2S. The van der Waals surface area contributed by atoms with Crippen molar-refractivity contribution in [1.29, 1.82) is 0 Å². The average molecular weight is 233 g/mol. The van der Waals surface area contributed by atoms with Gasteiger partial charge in [0, 0.05) is 12.6 Å². The van der Waals surface area contributed by atoms with Gasteiger partial charge in [0.1, 0.15) is 0 Å². The van der Waals surface area contributed by atoms with Crippen LogP contribution >= 0.6 is 11.8 Å². The van der Waals surface area contributed by atoms with Crippen LogP contribution in [0.4, 0.5) is 0 Å². The molecule has 0 saturated heterocycles. The Bertz CT molecular complexity index is 176. The lowest BCUT2D eigenvalue weighted by molar-refractivity contribution is -0.119. The third-order valence-electron chi connectivity index (χ3n) is 2.08. The highest BCUT2D eigenvalue weighted by Gasteiger charge is 2.07. The minimum absolute atomic E-state index is 0.103. The van der Waals surface area contributed by atoms with Gasteiger partial charge in [-0.15, -0.1) is 0 Å². The number of thioether (sulfide) groups is 1. The van der Waals surface area contributed by atoms with Crippen LogP contribution < -0.4 is 5.32 Å². The fraction of sp³-hybridized carbons (Fsp3) is 0.909. The molecule has 2 N–H and O–H groups in total. The topological polar surface area (TPSA) is 49.3 Å².